The molecule has 0 aliphatic carbocycles. The van der Waals surface area contributed by atoms with Gasteiger partial charge in [-0.1, -0.05) is 20.8 Å². The van der Waals surface area contributed by atoms with Crippen LogP contribution in [-0.2, 0) is 6.54 Å². The molecule has 0 saturated carbocycles. The molecule has 25 heavy (non-hydrogen) atoms. The van der Waals surface area contributed by atoms with Crippen LogP contribution in [0.25, 0.3) is 10.9 Å². The average molecular weight is 338 g/mol. The molecule has 0 saturated heterocycles. The Labute approximate surface area is 148 Å². The van der Waals surface area contributed by atoms with E-state index in [1.807, 2.05) is 29.0 Å². The molecular weight excluding hydrogens is 312 g/mol. The van der Waals surface area contributed by atoms with E-state index < -0.39 is 0 Å². The summed E-state index contributed by atoms with van der Waals surface area (Å²) in [6, 6.07) is 5.83. The van der Waals surface area contributed by atoms with Crippen molar-refractivity contribution >= 4 is 16.8 Å². The molecule has 1 atom stereocenters. The van der Waals surface area contributed by atoms with E-state index in [9.17, 15) is 4.79 Å². The van der Waals surface area contributed by atoms with Crippen LogP contribution in [0.4, 0.5) is 0 Å². The molecule has 0 unspecified atom stereocenters. The number of carbonyl (C=O) groups is 1. The molecule has 3 rings (SSSR count). The maximum absolute atomic E-state index is 12.8. The second-order valence-electron chi connectivity index (χ2n) is 7.79. The van der Waals surface area contributed by atoms with E-state index in [0.717, 1.165) is 16.6 Å². The lowest BCUT2D eigenvalue weighted by atomic mass is 9.86. The number of aromatic amines is 1. The molecule has 1 aromatic carbocycles. The minimum Gasteiger partial charge on any atom is -0.358 e. The van der Waals surface area contributed by atoms with Gasteiger partial charge in [0, 0.05) is 41.1 Å². The number of hydrogen-bond acceptors (Lipinski definition) is 2. The van der Waals surface area contributed by atoms with Gasteiger partial charge in [0.05, 0.1) is 12.4 Å². The normalized spacial score (nSPS) is 13.2. The fourth-order valence-electron chi connectivity index (χ4n) is 2.99. The van der Waals surface area contributed by atoms with E-state index in [1.54, 1.807) is 12.5 Å². The molecule has 0 aliphatic heterocycles. The number of hydrogen-bond donors (Lipinski definition) is 2. The van der Waals surface area contributed by atoms with Crippen LogP contribution in [0.3, 0.4) is 0 Å². The number of amides is 1. The number of nitrogens with zero attached hydrogens (tertiary/aromatic N) is 2. The second-order valence-corrected chi connectivity index (χ2v) is 7.79. The van der Waals surface area contributed by atoms with Crippen LogP contribution in [-0.4, -0.2) is 26.5 Å². The highest BCUT2D eigenvalue weighted by Crippen LogP contribution is 2.24. The molecule has 2 aromatic heterocycles. The molecule has 0 spiro atoms. The van der Waals surface area contributed by atoms with Gasteiger partial charge in [-0.25, -0.2) is 4.98 Å². The first-order valence-electron chi connectivity index (χ1n) is 8.61. The zero-order chi connectivity index (χ0) is 18.2. The highest BCUT2D eigenvalue weighted by atomic mass is 16.1. The summed E-state index contributed by atoms with van der Waals surface area (Å²) in [5.41, 5.74) is 4.02. The standard InChI is InChI=1S/C20H26N4O/c1-13-14(2)22-17-7-6-15(10-16(13)17)19(25)23-18(20(3,4)5)11-24-9-8-21-12-24/h6-10,12,18,22H,11H2,1-5H3,(H,23,25)/t18-/m1/s1. The molecule has 132 valence electrons. The number of rotatable bonds is 4. The Bertz CT molecular complexity index is 884. The number of imidazole rings is 1. The largest absolute Gasteiger partial charge is 0.358 e. The molecular formula is C20H26N4O. The van der Waals surface area contributed by atoms with Crippen LogP contribution >= 0.6 is 0 Å². The van der Waals surface area contributed by atoms with Gasteiger partial charge in [-0.2, -0.15) is 0 Å². The van der Waals surface area contributed by atoms with Gasteiger partial charge in [-0.3, -0.25) is 4.79 Å². The van der Waals surface area contributed by atoms with Crippen molar-refractivity contribution in [2.24, 2.45) is 5.41 Å². The predicted octanol–water partition coefficient (Wildman–Crippen LogP) is 3.83. The summed E-state index contributed by atoms with van der Waals surface area (Å²) in [6.07, 6.45) is 5.46. The van der Waals surface area contributed by atoms with Crippen molar-refractivity contribution in [1.29, 1.82) is 0 Å². The number of H-pyrrole nitrogens is 1. The van der Waals surface area contributed by atoms with Crippen LogP contribution in [0.1, 0.15) is 42.4 Å². The fourth-order valence-corrected chi connectivity index (χ4v) is 2.99. The summed E-state index contributed by atoms with van der Waals surface area (Å²) < 4.78 is 2.00. The summed E-state index contributed by atoms with van der Waals surface area (Å²) >= 11 is 0. The maximum Gasteiger partial charge on any atom is 0.251 e. The van der Waals surface area contributed by atoms with Crippen molar-refractivity contribution in [1.82, 2.24) is 19.9 Å². The van der Waals surface area contributed by atoms with Crippen molar-refractivity contribution < 1.29 is 4.79 Å². The first-order chi connectivity index (χ1) is 11.8. The Hall–Kier alpha value is -2.56. The Kier molecular flexibility index (Phi) is 4.41. The minimum atomic E-state index is -0.0649. The van der Waals surface area contributed by atoms with Crippen LogP contribution in [0.15, 0.2) is 36.9 Å². The number of fused-ring (bicyclic) bond motifs is 1. The lowest BCUT2D eigenvalue weighted by Gasteiger charge is -2.31. The first kappa shape index (κ1) is 17.3. The van der Waals surface area contributed by atoms with Gasteiger partial charge >= 0.3 is 0 Å². The minimum absolute atomic E-state index is 0.000968. The highest BCUT2D eigenvalue weighted by molar-refractivity contribution is 5.99. The van der Waals surface area contributed by atoms with Crippen molar-refractivity contribution in [2.75, 3.05) is 0 Å². The van der Waals surface area contributed by atoms with Crippen molar-refractivity contribution in [2.45, 2.75) is 47.2 Å². The third kappa shape index (κ3) is 3.60. The molecule has 2 heterocycles. The van der Waals surface area contributed by atoms with Crippen molar-refractivity contribution in [3.05, 3.63) is 53.7 Å². The fraction of sp³-hybridized carbons (Fsp3) is 0.400. The molecule has 5 nitrogen and oxygen atoms in total. The molecule has 2 N–H and O–H groups in total. The lowest BCUT2D eigenvalue weighted by molar-refractivity contribution is 0.0892. The molecule has 1 amide bonds. The SMILES string of the molecule is Cc1[nH]c2ccc(C(=O)N[C@H](Cn3ccnc3)C(C)(C)C)cc2c1C. The molecule has 5 heteroatoms. The van der Waals surface area contributed by atoms with E-state index >= 15 is 0 Å². The average Bonchev–Trinajstić information content (AvgIpc) is 3.14. The number of carbonyl (C=O) groups excluding carboxylic acids is 1. The predicted molar refractivity (Wildman–Crippen MR) is 101 cm³/mol. The zero-order valence-electron chi connectivity index (χ0n) is 15.6. The van der Waals surface area contributed by atoms with E-state index in [4.69, 9.17) is 0 Å². The second kappa shape index (κ2) is 6.39. The van der Waals surface area contributed by atoms with Gasteiger partial charge in [0.25, 0.3) is 5.91 Å². The lowest BCUT2D eigenvalue weighted by Crippen LogP contribution is -2.46. The van der Waals surface area contributed by atoms with Gasteiger partial charge in [0.2, 0.25) is 0 Å². The van der Waals surface area contributed by atoms with Crippen molar-refractivity contribution in [3.8, 4) is 0 Å². The van der Waals surface area contributed by atoms with Crippen LogP contribution in [0.5, 0.6) is 0 Å². The van der Waals surface area contributed by atoms with Gasteiger partial charge in [0.1, 0.15) is 0 Å². The zero-order valence-corrected chi connectivity index (χ0v) is 15.6. The maximum atomic E-state index is 12.8. The highest BCUT2D eigenvalue weighted by Gasteiger charge is 2.27. The molecule has 0 fully saturated rings. The number of nitrogens with one attached hydrogen (secondary N) is 2. The smallest absolute Gasteiger partial charge is 0.251 e. The summed E-state index contributed by atoms with van der Waals surface area (Å²) in [4.78, 5) is 20.3. The van der Waals surface area contributed by atoms with E-state index in [-0.39, 0.29) is 17.4 Å². The summed E-state index contributed by atoms with van der Waals surface area (Å²) in [5, 5.41) is 4.31. The molecule has 0 radical (unpaired) electrons. The Morgan fingerprint density at radius 1 is 1.32 bits per heavy atom. The number of aryl methyl sites for hydroxylation is 2. The van der Waals surface area contributed by atoms with E-state index in [0.29, 0.717) is 12.1 Å². The van der Waals surface area contributed by atoms with Crippen LogP contribution < -0.4 is 5.32 Å². The third-order valence-corrected chi connectivity index (χ3v) is 4.87. The van der Waals surface area contributed by atoms with E-state index in [1.165, 1.54) is 5.56 Å². The van der Waals surface area contributed by atoms with Gasteiger partial charge in [-0.15, -0.1) is 0 Å². The monoisotopic (exact) mass is 338 g/mol. The Balaban J connectivity index is 1.84. The summed E-state index contributed by atoms with van der Waals surface area (Å²) in [6.45, 7) is 11.2. The van der Waals surface area contributed by atoms with Gasteiger partial charge < -0.3 is 14.9 Å². The topological polar surface area (TPSA) is 62.7 Å². The van der Waals surface area contributed by atoms with Crippen LogP contribution in [0, 0.1) is 19.3 Å². The number of aromatic nitrogens is 3. The Morgan fingerprint density at radius 2 is 2.08 bits per heavy atom. The Morgan fingerprint density at radius 3 is 2.72 bits per heavy atom. The quantitative estimate of drug-likeness (QED) is 0.759. The molecule has 0 aliphatic rings. The molecule has 0 bridgehead atoms. The van der Waals surface area contributed by atoms with Gasteiger partial charge in [-0.05, 0) is 43.0 Å². The van der Waals surface area contributed by atoms with Crippen LogP contribution in [0.2, 0.25) is 0 Å². The summed E-state index contributed by atoms with van der Waals surface area (Å²) in [5.74, 6) is -0.0415. The van der Waals surface area contributed by atoms with Crippen molar-refractivity contribution in [3.63, 3.8) is 0 Å². The summed E-state index contributed by atoms with van der Waals surface area (Å²) in [7, 11) is 0. The van der Waals surface area contributed by atoms with Gasteiger partial charge in [0.15, 0.2) is 0 Å². The third-order valence-electron chi connectivity index (χ3n) is 4.87. The number of benzene rings is 1. The first-order valence-corrected chi connectivity index (χ1v) is 8.61. The van der Waals surface area contributed by atoms with E-state index in [2.05, 4.69) is 49.9 Å². The molecule has 3 aromatic rings.